The summed E-state index contributed by atoms with van der Waals surface area (Å²) in [6, 6.07) is 5.26. The third-order valence-electron chi connectivity index (χ3n) is 3.31. The lowest BCUT2D eigenvalue weighted by Crippen LogP contribution is -2.45. The molecule has 0 radical (unpaired) electrons. The second-order valence-corrected chi connectivity index (χ2v) is 4.78. The molecule has 0 aliphatic carbocycles. The number of nitrogens with zero attached hydrogens (tertiary/aromatic N) is 1. The van der Waals surface area contributed by atoms with Crippen molar-refractivity contribution >= 4 is 23.3 Å². The quantitative estimate of drug-likeness (QED) is 0.715. The first-order chi connectivity index (χ1) is 9.61. The van der Waals surface area contributed by atoms with E-state index < -0.39 is 6.03 Å². The van der Waals surface area contributed by atoms with E-state index in [0.717, 1.165) is 36.3 Å². The number of carbonyl (C=O) groups excluding carboxylic acids is 2. The fourth-order valence-electron chi connectivity index (χ4n) is 2.44. The van der Waals surface area contributed by atoms with Crippen molar-refractivity contribution in [2.75, 3.05) is 30.3 Å². The Hall–Kier alpha value is -2.24. The highest BCUT2D eigenvalue weighted by Crippen LogP contribution is 2.30. The maximum Gasteiger partial charge on any atom is 0.321 e. The van der Waals surface area contributed by atoms with Gasteiger partial charge >= 0.3 is 6.03 Å². The number of rotatable bonds is 3. The van der Waals surface area contributed by atoms with Crippen LogP contribution in [0.3, 0.4) is 0 Å². The summed E-state index contributed by atoms with van der Waals surface area (Å²) in [4.78, 5) is 25.1. The van der Waals surface area contributed by atoms with E-state index in [-0.39, 0.29) is 12.5 Å². The van der Waals surface area contributed by atoms with Gasteiger partial charge in [-0.15, -0.1) is 0 Å². The first-order valence-corrected chi connectivity index (χ1v) is 6.81. The van der Waals surface area contributed by atoms with Gasteiger partial charge in [0.2, 0.25) is 5.91 Å². The Morgan fingerprint density at radius 3 is 2.95 bits per heavy atom. The maximum atomic E-state index is 11.8. The Morgan fingerprint density at radius 1 is 1.40 bits per heavy atom. The molecule has 0 bridgehead atoms. The molecule has 0 unspecified atom stereocenters. The predicted octanol–water partition coefficient (Wildman–Crippen LogP) is 0.867. The van der Waals surface area contributed by atoms with E-state index >= 15 is 0 Å². The van der Waals surface area contributed by atoms with Crippen LogP contribution in [0, 0.1) is 0 Å². The number of anilines is 2. The topological polar surface area (TPSA) is 87.5 Å². The molecular formula is C14H20N4O2. The van der Waals surface area contributed by atoms with Crippen LogP contribution in [0.4, 0.5) is 16.2 Å². The Labute approximate surface area is 118 Å². The predicted molar refractivity (Wildman–Crippen MR) is 78.6 cm³/mol. The van der Waals surface area contributed by atoms with E-state index in [0.29, 0.717) is 6.54 Å². The largest absolute Gasteiger partial charge is 0.398 e. The van der Waals surface area contributed by atoms with Crippen LogP contribution in [0.1, 0.15) is 18.9 Å². The molecule has 1 aromatic carbocycles. The van der Waals surface area contributed by atoms with Gasteiger partial charge in [0, 0.05) is 24.5 Å². The van der Waals surface area contributed by atoms with Crippen molar-refractivity contribution in [2.45, 2.75) is 19.8 Å². The highest BCUT2D eigenvalue weighted by molar-refractivity contribution is 5.96. The Morgan fingerprint density at radius 2 is 2.20 bits per heavy atom. The molecule has 0 atom stereocenters. The molecule has 6 heteroatoms. The number of nitrogens with two attached hydrogens (primary N) is 1. The molecule has 20 heavy (non-hydrogen) atoms. The lowest BCUT2D eigenvalue weighted by Gasteiger charge is -2.31. The minimum Gasteiger partial charge on any atom is -0.398 e. The van der Waals surface area contributed by atoms with Gasteiger partial charge in [0.15, 0.2) is 0 Å². The van der Waals surface area contributed by atoms with E-state index in [1.165, 1.54) is 0 Å². The van der Waals surface area contributed by atoms with Crippen molar-refractivity contribution in [2.24, 2.45) is 0 Å². The summed E-state index contributed by atoms with van der Waals surface area (Å²) in [7, 11) is 0. The summed E-state index contributed by atoms with van der Waals surface area (Å²) in [5.74, 6) is -0.314. The van der Waals surface area contributed by atoms with Gasteiger partial charge in [-0.25, -0.2) is 4.79 Å². The van der Waals surface area contributed by atoms with Crippen LogP contribution in [-0.2, 0) is 11.2 Å². The maximum absolute atomic E-state index is 11.8. The van der Waals surface area contributed by atoms with Crippen LogP contribution in [0.5, 0.6) is 0 Å². The van der Waals surface area contributed by atoms with Gasteiger partial charge in [0.1, 0.15) is 0 Å². The van der Waals surface area contributed by atoms with Crippen molar-refractivity contribution < 1.29 is 9.59 Å². The second kappa shape index (κ2) is 6.27. The summed E-state index contributed by atoms with van der Waals surface area (Å²) in [5, 5.41) is 4.84. The number of hydrogen-bond acceptors (Lipinski definition) is 4. The second-order valence-electron chi connectivity index (χ2n) is 4.78. The Bertz CT molecular complexity index is 516. The lowest BCUT2D eigenvalue weighted by molar-refractivity contribution is -0.118. The zero-order valence-corrected chi connectivity index (χ0v) is 11.6. The monoisotopic (exact) mass is 276 g/mol. The standard InChI is InChI=1S/C14H20N4O2/c1-2-16-14(20)17-13(19)9-18-8-4-5-10-11(15)6-3-7-12(10)18/h3,6-7H,2,4-5,8-9,15H2,1H3,(H2,16,17,19,20). The summed E-state index contributed by atoms with van der Waals surface area (Å²) < 4.78 is 0. The van der Waals surface area contributed by atoms with Gasteiger partial charge in [-0.1, -0.05) is 6.07 Å². The van der Waals surface area contributed by atoms with E-state index in [1.54, 1.807) is 6.92 Å². The van der Waals surface area contributed by atoms with Gasteiger partial charge in [-0.2, -0.15) is 0 Å². The number of nitrogens with one attached hydrogen (secondary N) is 2. The van der Waals surface area contributed by atoms with Crippen LogP contribution in [0.2, 0.25) is 0 Å². The van der Waals surface area contributed by atoms with Gasteiger partial charge in [0.05, 0.1) is 6.54 Å². The summed E-state index contributed by atoms with van der Waals surface area (Å²) in [5.41, 5.74) is 8.80. The zero-order chi connectivity index (χ0) is 14.5. The molecule has 1 aliphatic heterocycles. The molecule has 6 nitrogen and oxygen atoms in total. The number of amides is 3. The van der Waals surface area contributed by atoms with Crippen molar-refractivity contribution in [1.29, 1.82) is 0 Å². The van der Waals surface area contributed by atoms with Crippen LogP contribution in [-0.4, -0.2) is 31.6 Å². The van der Waals surface area contributed by atoms with E-state index in [1.807, 2.05) is 23.1 Å². The lowest BCUT2D eigenvalue weighted by atomic mass is 10.00. The highest BCUT2D eigenvalue weighted by atomic mass is 16.2. The fraction of sp³-hybridized carbons (Fsp3) is 0.429. The molecule has 0 saturated heterocycles. The number of benzene rings is 1. The molecule has 3 amide bonds. The summed E-state index contributed by atoms with van der Waals surface area (Å²) in [6.45, 7) is 3.24. The third kappa shape index (κ3) is 3.20. The zero-order valence-electron chi connectivity index (χ0n) is 11.6. The van der Waals surface area contributed by atoms with Gasteiger partial charge < -0.3 is 16.0 Å². The van der Waals surface area contributed by atoms with Gasteiger partial charge in [-0.3, -0.25) is 10.1 Å². The molecule has 0 aromatic heterocycles. The van der Waals surface area contributed by atoms with Crippen molar-refractivity contribution in [3.05, 3.63) is 23.8 Å². The van der Waals surface area contributed by atoms with E-state index in [9.17, 15) is 9.59 Å². The number of fused-ring (bicyclic) bond motifs is 1. The molecule has 0 fully saturated rings. The molecule has 2 rings (SSSR count). The van der Waals surface area contributed by atoms with Crippen LogP contribution < -0.4 is 21.3 Å². The average molecular weight is 276 g/mol. The number of urea groups is 1. The minimum atomic E-state index is -0.456. The summed E-state index contributed by atoms with van der Waals surface area (Å²) in [6.07, 6.45) is 1.88. The molecule has 1 aliphatic rings. The first kappa shape index (κ1) is 14.2. The van der Waals surface area contributed by atoms with Crippen molar-refractivity contribution in [3.63, 3.8) is 0 Å². The number of nitrogen functional groups attached to an aromatic ring is 1. The van der Waals surface area contributed by atoms with Crippen LogP contribution >= 0.6 is 0 Å². The van der Waals surface area contributed by atoms with E-state index in [4.69, 9.17) is 5.73 Å². The minimum absolute atomic E-state index is 0.160. The van der Waals surface area contributed by atoms with E-state index in [2.05, 4.69) is 10.6 Å². The molecule has 1 heterocycles. The third-order valence-corrected chi connectivity index (χ3v) is 3.31. The van der Waals surface area contributed by atoms with Crippen LogP contribution in [0.25, 0.3) is 0 Å². The van der Waals surface area contributed by atoms with Gasteiger partial charge in [0.25, 0.3) is 0 Å². The molecule has 0 saturated carbocycles. The van der Waals surface area contributed by atoms with Crippen LogP contribution in [0.15, 0.2) is 18.2 Å². The summed E-state index contributed by atoms with van der Waals surface area (Å²) >= 11 is 0. The van der Waals surface area contributed by atoms with Crippen molar-refractivity contribution in [1.82, 2.24) is 10.6 Å². The molecule has 108 valence electrons. The highest BCUT2D eigenvalue weighted by Gasteiger charge is 2.21. The number of hydrogen-bond donors (Lipinski definition) is 3. The first-order valence-electron chi connectivity index (χ1n) is 6.81. The Balaban J connectivity index is 2.03. The van der Waals surface area contributed by atoms with Gasteiger partial charge in [-0.05, 0) is 37.5 Å². The SMILES string of the molecule is CCNC(=O)NC(=O)CN1CCCc2c(N)cccc21. The fourth-order valence-corrected chi connectivity index (χ4v) is 2.44. The molecule has 4 N–H and O–H groups in total. The van der Waals surface area contributed by atoms with Crippen molar-refractivity contribution in [3.8, 4) is 0 Å². The molecular weight excluding hydrogens is 256 g/mol. The Kier molecular flexibility index (Phi) is 4.45. The smallest absolute Gasteiger partial charge is 0.321 e. The molecule has 1 aromatic rings. The molecule has 0 spiro atoms. The normalized spacial score (nSPS) is 13.6. The average Bonchev–Trinajstić information content (AvgIpc) is 2.40. The number of imide groups is 1. The number of carbonyl (C=O) groups is 2.